The maximum Gasteiger partial charge on any atom is 0.340 e. The fourth-order valence-electron chi connectivity index (χ4n) is 7.44. The average Bonchev–Trinajstić information content (AvgIpc) is 3.26. The second kappa shape index (κ2) is 21.9. The summed E-state index contributed by atoms with van der Waals surface area (Å²) in [7, 11) is 0. The number of nitro benzene ring substituents is 1. The van der Waals surface area contributed by atoms with Gasteiger partial charge in [0.05, 0.1) is 21.6 Å². The summed E-state index contributed by atoms with van der Waals surface area (Å²) in [6.45, 7) is 16.8. The summed E-state index contributed by atoms with van der Waals surface area (Å²) in [5.74, 6) is -1.89. The van der Waals surface area contributed by atoms with Crippen molar-refractivity contribution in [3.05, 3.63) is 145 Å². The van der Waals surface area contributed by atoms with Gasteiger partial charge >= 0.3 is 17.9 Å². The van der Waals surface area contributed by atoms with E-state index in [0.717, 1.165) is 18.4 Å². The molecule has 3 aromatic rings. The number of esters is 3. The van der Waals surface area contributed by atoms with E-state index in [1.807, 2.05) is 57.2 Å². The molecule has 346 valence electrons. The summed E-state index contributed by atoms with van der Waals surface area (Å²) < 4.78 is 17.4. The van der Waals surface area contributed by atoms with Crippen molar-refractivity contribution in [2.24, 2.45) is 0 Å². The molecule has 0 bridgehead atoms. The molecule has 65 heavy (non-hydrogen) atoms. The number of halogens is 1. The number of ether oxygens (including phenoxy) is 3. The van der Waals surface area contributed by atoms with Crippen molar-refractivity contribution >= 4 is 56.9 Å². The number of ketones is 3. The normalized spacial score (nSPS) is 21.5. The molecule has 3 atom stereocenters. The molecule has 0 spiro atoms. The molecule has 3 aromatic carbocycles. The van der Waals surface area contributed by atoms with Gasteiger partial charge in [0.25, 0.3) is 5.69 Å². The zero-order valence-corrected chi connectivity index (χ0v) is 40.4. The maximum atomic E-state index is 12.5. The lowest BCUT2D eigenvalue weighted by Crippen LogP contribution is -2.43. The monoisotopic (exact) mass is 953 g/mol. The van der Waals surface area contributed by atoms with Crippen LogP contribution in [0.2, 0.25) is 0 Å². The van der Waals surface area contributed by atoms with E-state index >= 15 is 0 Å². The Morgan fingerprint density at radius 1 is 0.569 bits per heavy atom. The first-order chi connectivity index (χ1) is 30.4. The Morgan fingerprint density at radius 3 is 1.23 bits per heavy atom. The first kappa shape index (κ1) is 51.8. The van der Waals surface area contributed by atoms with E-state index in [2.05, 4.69) is 36.7 Å². The number of carbonyl (C=O) groups is 6. The quantitative estimate of drug-likeness (QED) is 0.0622. The van der Waals surface area contributed by atoms with Gasteiger partial charge in [0.15, 0.2) is 34.2 Å². The fraction of sp³-hybridized carbons (Fsp3) is 0.423. The molecule has 0 saturated carbocycles. The maximum absolute atomic E-state index is 12.5. The fourth-order valence-corrected chi connectivity index (χ4v) is 7.88. The zero-order valence-electron chi connectivity index (χ0n) is 38.8. The second-order valence-corrected chi connectivity index (χ2v) is 19.0. The van der Waals surface area contributed by atoms with Crippen molar-refractivity contribution in [2.45, 2.75) is 142 Å². The van der Waals surface area contributed by atoms with E-state index in [1.54, 1.807) is 30.3 Å². The molecule has 0 saturated heterocycles. The van der Waals surface area contributed by atoms with Crippen molar-refractivity contribution in [3.8, 4) is 0 Å². The SMILES string of the molecule is CC(=O)C1(OC(=O)c2ccc(C(C)(C)C)cc2)CC=C(C)CC1.CC(=O)C1(OC(=O)c2ccc([N+](=O)[O-])cc2)CC=C(C)CC1.CC(=O)C1(OC(=O)c2ccccc2Br)CC=C(C)CC1. The predicted molar refractivity (Wildman–Crippen MR) is 252 cm³/mol. The Morgan fingerprint density at radius 2 is 0.923 bits per heavy atom. The molecular formula is C52H60BrNO11. The minimum absolute atomic E-state index is 0.0364. The van der Waals surface area contributed by atoms with Crippen LogP contribution in [0.1, 0.15) is 157 Å². The highest BCUT2D eigenvalue weighted by molar-refractivity contribution is 9.10. The van der Waals surface area contributed by atoms with Crippen LogP contribution < -0.4 is 0 Å². The van der Waals surface area contributed by atoms with Crippen LogP contribution >= 0.6 is 15.9 Å². The summed E-state index contributed by atoms with van der Waals surface area (Å²) in [5, 5.41) is 10.6. The van der Waals surface area contributed by atoms with Gasteiger partial charge in [-0.25, -0.2) is 14.4 Å². The summed E-state index contributed by atoms with van der Waals surface area (Å²) in [5.41, 5.74) is 2.73. The van der Waals surface area contributed by atoms with E-state index < -0.39 is 39.6 Å². The van der Waals surface area contributed by atoms with Gasteiger partial charge in [-0.15, -0.1) is 0 Å². The number of hydrogen-bond acceptors (Lipinski definition) is 11. The second-order valence-electron chi connectivity index (χ2n) is 18.2. The van der Waals surface area contributed by atoms with Crippen LogP contribution in [0.25, 0.3) is 0 Å². The van der Waals surface area contributed by atoms with Gasteiger partial charge in [0.2, 0.25) is 0 Å². The number of allylic oxidation sites excluding steroid dienone is 3. The Hall–Kier alpha value is -5.82. The minimum Gasteiger partial charge on any atom is -0.447 e. The van der Waals surface area contributed by atoms with E-state index in [0.29, 0.717) is 60.5 Å². The van der Waals surface area contributed by atoms with Crippen LogP contribution in [-0.4, -0.2) is 57.0 Å². The minimum atomic E-state index is -1.13. The highest BCUT2D eigenvalue weighted by Crippen LogP contribution is 2.36. The number of hydrogen-bond donors (Lipinski definition) is 0. The third-order valence-corrected chi connectivity index (χ3v) is 13.0. The molecule has 0 aromatic heterocycles. The molecule has 0 aliphatic heterocycles. The Kier molecular flexibility index (Phi) is 17.5. The standard InChI is InChI=1S/C20H26O3.C16H17BrO3.C16H17NO5/c1-14-10-12-20(13-11-14,15(2)21)23-18(22)16-6-8-17(9-7-16)19(3,4)5;1-11-7-9-16(10-8-11,12(2)18)20-15(19)13-5-3-4-6-14(13)17;1-11-7-9-16(10-8-11,12(2)18)22-15(19)13-3-5-14(6-4-13)17(20)21/h6-10H,11-13H2,1-5H3;3-7H,8-10H2,1-2H3;3-7H,8-10H2,1-2H3. The van der Waals surface area contributed by atoms with Crippen molar-refractivity contribution in [1.82, 2.24) is 0 Å². The Bertz CT molecular complexity index is 2390. The molecule has 3 unspecified atom stereocenters. The number of rotatable bonds is 10. The summed E-state index contributed by atoms with van der Waals surface area (Å²) >= 11 is 3.33. The third kappa shape index (κ3) is 13.6. The smallest absolute Gasteiger partial charge is 0.340 e. The van der Waals surface area contributed by atoms with Gasteiger partial charge in [-0.3, -0.25) is 24.5 Å². The zero-order chi connectivity index (χ0) is 48.3. The molecule has 3 aliphatic carbocycles. The van der Waals surface area contributed by atoms with E-state index in [4.69, 9.17) is 14.2 Å². The molecule has 0 N–H and O–H groups in total. The highest BCUT2D eigenvalue weighted by atomic mass is 79.9. The number of non-ortho nitro benzene ring substituents is 1. The van der Waals surface area contributed by atoms with Gasteiger partial charge in [-0.05, 0) is 143 Å². The van der Waals surface area contributed by atoms with Crippen molar-refractivity contribution in [3.63, 3.8) is 0 Å². The summed E-state index contributed by atoms with van der Waals surface area (Å²) in [6, 6.07) is 19.7. The molecule has 6 rings (SSSR count). The number of nitro groups is 1. The third-order valence-electron chi connectivity index (χ3n) is 12.3. The number of benzene rings is 3. The van der Waals surface area contributed by atoms with Gasteiger partial charge in [-0.1, -0.05) is 80.0 Å². The van der Waals surface area contributed by atoms with Gasteiger partial charge in [0, 0.05) is 35.9 Å². The van der Waals surface area contributed by atoms with Crippen LogP contribution in [0.15, 0.2) is 112 Å². The molecule has 13 heteroatoms. The van der Waals surface area contributed by atoms with Crippen LogP contribution in [0.3, 0.4) is 0 Å². The molecule has 0 amide bonds. The summed E-state index contributed by atoms with van der Waals surface area (Å²) in [4.78, 5) is 83.0. The van der Waals surface area contributed by atoms with E-state index in [1.165, 1.54) is 61.8 Å². The molecule has 0 heterocycles. The topological polar surface area (TPSA) is 173 Å². The van der Waals surface area contributed by atoms with Gasteiger partial charge in [-0.2, -0.15) is 0 Å². The molecule has 0 fully saturated rings. The molecule has 12 nitrogen and oxygen atoms in total. The lowest BCUT2D eigenvalue weighted by molar-refractivity contribution is -0.384. The van der Waals surface area contributed by atoms with Gasteiger partial charge < -0.3 is 14.2 Å². The first-order valence-electron chi connectivity index (χ1n) is 21.7. The number of nitrogens with zero attached hydrogens (tertiary/aromatic N) is 1. The molecule has 3 aliphatic rings. The largest absolute Gasteiger partial charge is 0.447 e. The van der Waals surface area contributed by atoms with E-state index in [-0.39, 0.29) is 34.0 Å². The lowest BCUT2D eigenvalue weighted by atomic mass is 9.83. The molecule has 0 radical (unpaired) electrons. The van der Waals surface area contributed by atoms with Gasteiger partial charge in [0.1, 0.15) is 0 Å². The number of carbonyl (C=O) groups excluding carboxylic acids is 6. The van der Waals surface area contributed by atoms with Crippen molar-refractivity contribution in [2.75, 3.05) is 0 Å². The molecular weight excluding hydrogens is 894 g/mol. The average molecular weight is 955 g/mol. The van der Waals surface area contributed by atoms with Crippen LogP contribution in [0, 0.1) is 10.1 Å². The Balaban J connectivity index is 0.000000214. The highest BCUT2D eigenvalue weighted by Gasteiger charge is 2.42. The first-order valence-corrected chi connectivity index (χ1v) is 22.5. The number of Topliss-reactive ketones (excluding diaryl/α,β-unsaturated/α-hetero) is 3. The van der Waals surface area contributed by atoms with Crippen LogP contribution in [0.5, 0.6) is 0 Å². The van der Waals surface area contributed by atoms with Crippen LogP contribution in [0.4, 0.5) is 5.69 Å². The van der Waals surface area contributed by atoms with Crippen molar-refractivity contribution in [1.29, 1.82) is 0 Å². The summed E-state index contributed by atoms with van der Waals surface area (Å²) in [6.07, 6.45) is 11.1. The Labute approximate surface area is 390 Å². The predicted octanol–water partition coefficient (Wildman–Crippen LogP) is 11.9. The van der Waals surface area contributed by atoms with Crippen molar-refractivity contribution < 1.29 is 47.9 Å². The lowest BCUT2D eigenvalue weighted by Gasteiger charge is -2.33. The van der Waals surface area contributed by atoms with E-state index in [9.17, 15) is 38.9 Å². The van der Waals surface area contributed by atoms with Crippen LogP contribution in [-0.2, 0) is 34.0 Å².